The lowest BCUT2D eigenvalue weighted by atomic mass is 10.1. The fourth-order valence-corrected chi connectivity index (χ4v) is 2.79. The average molecular weight is 285 g/mol. The van der Waals surface area contributed by atoms with Crippen LogP contribution in [-0.4, -0.2) is 42.1 Å². The number of rotatable bonds is 2. The first-order valence-electron chi connectivity index (χ1n) is 7.16. The molecule has 1 amide bonds. The van der Waals surface area contributed by atoms with E-state index in [4.69, 9.17) is 10.5 Å². The van der Waals surface area contributed by atoms with Gasteiger partial charge in [0, 0.05) is 31.3 Å². The van der Waals surface area contributed by atoms with E-state index < -0.39 is 0 Å². The van der Waals surface area contributed by atoms with Crippen molar-refractivity contribution in [1.82, 2.24) is 9.88 Å². The zero-order valence-electron chi connectivity index (χ0n) is 12.1. The largest absolute Gasteiger partial charge is 0.398 e. The van der Waals surface area contributed by atoms with Crippen LogP contribution in [0.3, 0.4) is 0 Å². The Balaban J connectivity index is 1.91. The van der Waals surface area contributed by atoms with Crippen molar-refractivity contribution in [1.29, 1.82) is 0 Å². The minimum atomic E-state index is -0.0748. The van der Waals surface area contributed by atoms with Gasteiger partial charge in [-0.15, -0.1) is 0 Å². The number of anilines is 1. The minimum absolute atomic E-state index is 0.0748. The van der Waals surface area contributed by atoms with E-state index in [1.165, 1.54) is 0 Å². The second-order valence-corrected chi connectivity index (χ2v) is 5.36. The van der Waals surface area contributed by atoms with Gasteiger partial charge >= 0.3 is 0 Å². The molecule has 1 aliphatic rings. The Morgan fingerprint density at radius 1 is 1.43 bits per heavy atom. The number of carbonyl (C=O) groups is 1. The van der Waals surface area contributed by atoms with Gasteiger partial charge in [0.2, 0.25) is 0 Å². The summed E-state index contributed by atoms with van der Waals surface area (Å²) in [6.45, 7) is 1.36. The van der Waals surface area contributed by atoms with Crippen LogP contribution < -0.4 is 5.73 Å². The minimum Gasteiger partial charge on any atom is -0.398 e. The SMILES string of the molecule is COC1CCCN(C(=O)c2cc(N)c3ccccc3n2)C1. The smallest absolute Gasteiger partial charge is 0.272 e. The van der Waals surface area contributed by atoms with Gasteiger partial charge in [-0.2, -0.15) is 0 Å². The van der Waals surface area contributed by atoms with Gasteiger partial charge in [0.15, 0.2) is 0 Å². The van der Waals surface area contributed by atoms with Gasteiger partial charge in [-0.1, -0.05) is 18.2 Å². The molecule has 21 heavy (non-hydrogen) atoms. The van der Waals surface area contributed by atoms with E-state index in [1.807, 2.05) is 24.3 Å². The molecule has 0 saturated carbocycles. The van der Waals surface area contributed by atoms with Crippen molar-refractivity contribution in [2.75, 3.05) is 25.9 Å². The fourth-order valence-electron chi connectivity index (χ4n) is 2.79. The van der Waals surface area contributed by atoms with Crippen LogP contribution in [-0.2, 0) is 4.74 Å². The van der Waals surface area contributed by atoms with Crippen LogP contribution >= 0.6 is 0 Å². The number of hydrogen-bond donors (Lipinski definition) is 1. The van der Waals surface area contributed by atoms with Gasteiger partial charge in [-0.05, 0) is 25.0 Å². The van der Waals surface area contributed by atoms with Crippen LogP contribution in [0.2, 0.25) is 0 Å². The molecule has 1 aliphatic heterocycles. The van der Waals surface area contributed by atoms with Crippen molar-refractivity contribution in [2.24, 2.45) is 0 Å². The number of fused-ring (bicyclic) bond motifs is 1. The predicted octanol–water partition coefficient (Wildman–Crippen LogP) is 2.07. The van der Waals surface area contributed by atoms with E-state index in [0.29, 0.717) is 17.9 Å². The van der Waals surface area contributed by atoms with Gasteiger partial charge in [0.25, 0.3) is 5.91 Å². The maximum atomic E-state index is 12.6. The second-order valence-electron chi connectivity index (χ2n) is 5.36. The molecule has 1 aromatic carbocycles. The number of hydrogen-bond acceptors (Lipinski definition) is 4. The normalized spacial score (nSPS) is 18.9. The first-order chi connectivity index (χ1) is 10.2. The molecule has 0 bridgehead atoms. The summed E-state index contributed by atoms with van der Waals surface area (Å²) in [6.07, 6.45) is 2.06. The molecule has 1 saturated heterocycles. The maximum absolute atomic E-state index is 12.6. The summed E-state index contributed by atoms with van der Waals surface area (Å²) >= 11 is 0. The van der Waals surface area contributed by atoms with Gasteiger partial charge in [0.1, 0.15) is 5.69 Å². The van der Waals surface area contributed by atoms with Crippen LogP contribution in [0.5, 0.6) is 0 Å². The summed E-state index contributed by atoms with van der Waals surface area (Å²) in [5.41, 5.74) is 7.79. The van der Waals surface area contributed by atoms with E-state index >= 15 is 0 Å². The molecule has 2 heterocycles. The number of benzene rings is 1. The molecule has 1 atom stereocenters. The standard InChI is InChI=1S/C16H19N3O2/c1-21-11-5-4-8-19(10-11)16(20)15-9-13(17)12-6-2-3-7-14(12)18-15/h2-3,6-7,9,11H,4-5,8,10H2,1H3,(H2,17,18). The quantitative estimate of drug-likeness (QED) is 0.917. The number of likely N-dealkylation sites (tertiary alicyclic amines) is 1. The van der Waals surface area contributed by atoms with Gasteiger partial charge in [-0.3, -0.25) is 4.79 Å². The summed E-state index contributed by atoms with van der Waals surface area (Å²) in [6, 6.07) is 9.26. The van der Waals surface area contributed by atoms with E-state index in [2.05, 4.69) is 4.98 Å². The highest BCUT2D eigenvalue weighted by Crippen LogP contribution is 2.22. The fraction of sp³-hybridized carbons (Fsp3) is 0.375. The number of ether oxygens (including phenoxy) is 1. The molecule has 5 nitrogen and oxygen atoms in total. The number of amides is 1. The summed E-state index contributed by atoms with van der Waals surface area (Å²) in [5, 5.41) is 0.877. The number of aromatic nitrogens is 1. The highest BCUT2D eigenvalue weighted by atomic mass is 16.5. The Morgan fingerprint density at radius 2 is 2.24 bits per heavy atom. The predicted molar refractivity (Wildman–Crippen MR) is 82.1 cm³/mol. The second kappa shape index (κ2) is 5.69. The molecule has 0 radical (unpaired) electrons. The maximum Gasteiger partial charge on any atom is 0.272 e. The van der Waals surface area contributed by atoms with Gasteiger partial charge in [0.05, 0.1) is 11.6 Å². The average Bonchev–Trinajstić information content (AvgIpc) is 2.54. The van der Waals surface area contributed by atoms with Crippen molar-refractivity contribution in [3.05, 3.63) is 36.0 Å². The van der Waals surface area contributed by atoms with E-state index in [-0.39, 0.29) is 12.0 Å². The third-order valence-corrected chi connectivity index (χ3v) is 3.97. The van der Waals surface area contributed by atoms with Crippen LogP contribution in [0, 0.1) is 0 Å². The Labute approximate surface area is 123 Å². The first kappa shape index (κ1) is 13.8. The van der Waals surface area contributed by atoms with Crippen molar-refractivity contribution >= 4 is 22.5 Å². The number of methoxy groups -OCH3 is 1. The topological polar surface area (TPSA) is 68.5 Å². The molecule has 2 aromatic rings. The van der Waals surface area contributed by atoms with E-state index in [1.54, 1.807) is 18.1 Å². The van der Waals surface area contributed by atoms with E-state index in [9.17, 15) is 4.79 Å². The van der Waals surface area contributed by atoms with Crippen molar-refractivity contribution in [3.63, 3.8) is 0 Å². The molecule has 0 aliphatic carbocycles. The summed E-state index contributed by atoms with van der Waals surface area (Å²) < 4.78 is 5.36. The van der Waals surface area contributed by atoms with Crippen LogP contribution in [0.1, 0.15) is 23.3 Å². The van der Waals surface area contributed by atoms with Gasteiger partial charge in [-0.25, -0.2) is 4.98 Å². The number of nitrogen functional groups attached to an aromatic ring is 1. The van der Waals surface area contributed by atoms with Crippen molar-refractivity contribution in [3.8, 4) is 0 Å². The molecule has 3 rings (SSSR count). The zero-order valence-corrected chi connectivity index (χ0v) is 12.1. The summed E-state index contributed by atoms with van der Waals surface area (Å²) in [4.78, 5) is 18.9. The van der Waals surface area contributed by atoms with Crippen molar-refractivity contribution in [2.45, 2.75) is 18.9 Å². The highest BCUT2D eigenvalue weighted by Gasteiger charge is 2.25. The zero-order chi connectivity index (χ0) is 14.8. The third kappa shape index (κ3) is 2.69. The Kier molecular flexibility index (Phi) is 3.75. The molecular weight excluding hydrogens is 266 g/mol. The van der Waals surface area contributed by atoms with Crippen LogP contribution in [0.4, 0.5) is 5.69 Å². The molecule has 1 aromatic heterocycles. The lowest BCUT2D eigenvalue weighted by molar-refractivity contribution is 0.0266. The number of nitrogens with zero attached hydrogens (tertiary/aromatic N) is 2. The first-order valence-corrected chi connectivity index (χ1v) is 7.16. The molecular formula is C16H19N3O2. The highest BCUT2D eigenvalue weighted by molar-refractivity contribution is 5.99. The third-order valence-electron chi connectivity index (χ3n) is 3.97. The molecule has 2 N–H and O–H groups in total. The monoisotopic (exact) mass is 285 g/mol. The number of para-hydroxylation sites is 1. The lowest BCUT2D eigenvalue weighted by Crippen LogP contribution is -2.43. The van der Waals surface area contributed by atoms with Crippen LogP contribution in [0.25, 0.3) is 10.9 Å². The van der Waals surface area contributed by atoms with Crippen molar-refractivity contribution < 1.29 is 9.53 Å². The van der Waals surface area contributed by atoms with E-state index in [0.717, 1.165) is 30.3 Å². The Hall–Kier alpha value is -2.14. The molecule has 110 valence electrons. The molecule has 1 unspecified atom stereocenters. The number of carbonyl (C=O) groups excluding carboxylic acids is 1. The Bertz CT molecular complexity index is 672. The summed E-state index contributed by atoms with van der Waals surface area (Å²) in [5.74, 6) is -0.0748. The van der Waals surface area contributed by atoms with Crippen LogP contribution in [0.15, 0.2) is 30.3 Å². The molecule has 0 spiro atoms. The molecule has 1 fully saturated rings. The number of piperidine rings is 1. The lowest BCUT2D eigenvalue weighted by Gasteiger charge is -2.31. The number of nitrogens with two attached hydrogens (primary N) is 1. The Morgan fingerprint density at radius 3 is 3.05 bits per heavy atom. The summed E-state index contributed by atoms with van der Waals surface area (Å²) in [7, 11) is 1.69. The van der Waals surface area contributed by atoms with Gasteiger partial charge < -0.3 is 15.4 Å². The number of pyridine rings is 1. The molecule has 5 heteroatoms.